The molecule has 0 aromatic heterocycles. The summed E-state index contributed by atoms with van der Waals surface area (Å²) in [6.07, 6.45) is -2.00. The summed E-state index contributed by atoms with van der Waals surface area (Å²) in [4.78, 5) is 11.6. The molecule has 1 unspecified atom stereocenters. The number of alkyl halides is 4. The highest BCUT2D eigenvalue weighted by molar-refractivity contribution is 9.09. The number of halogens is 4. The van der Waals surface area contributed by atoms with E-state index in [-0.39, 0.29) is 18.0 Å². The Kier molecular flexibility index (Phi) is 7.52. The maximum Gasteiger partial charge on any atom is 0.411 e. The molecule has 1 aliphatic carbocycles. The minimum atomic E-state index is -4.29. The van der Waals surface area contributed by atoms with E-state index in [0.717, 1.165) is 29.5 Å². The van der Waals surface area contributed by atoms with Gasteiger partial charge in [0, 0.05) is 0 Å². The summed E-state index contributed by atoms with van der Waals surface area (Å²) in [6.45, 7) is 2.88. The molecule has 1 aromatic carbocycles. The second kappa shape index (κ2) is 9.22. The molecule has 3 nitrogen and oxygen atoms in total. The number of carbonyl (C=O) groups is 1. The van der Waals surface area contributed by atoms with Crippen LogP contribution in [0.5, 0.6) is 0 Å². The SMILES string of the molecule is CCOC(=O)C(Br)c1cccc(C)c1C1CCC(OCC(F)(F)F)CC1. The fourth-order valence-electron chi connectivity index (χ4n) is 3.55. The van der Waals surface area contributed by atoms with E-state index < -0.39 is 17.6 Å². The van der Waals surface area contributed by atoms with E-state index in [4.69, 9.17) is 9.47 Å². The van der Waals surface area contributed by atoms with Crippen LogP contribution in [-0.4, -0.2) is 31.5 Å². The summed E-state index contributed by atoms with van der Waals surface area (Å²) in [5.41, 5.74) is 3.05. The Morgan fingerprint density at radius 3 is 2.50 bits per heavy atom. The van der Waals surface area contributed by atoms with Crippen LogP contribution in [0.2, 0.25) is 0 Å². The highest BCUT2D eigenvalue weighted by atomic mass is 79.9. The van der Waals surface area contributed by atoms with Crippen LogP contribution in [0.3, 0.4) is 0 Å². The first kappa shape index (κ1) is 21.2. The molecule has 0 amide bonds. The average Bonchev–Trinajstić information content (AvgIpc) is 2.59. The monoisotopic (exact) mass is 436 g/mol. The summed E-state index contributed by atoms with van der Waals surface area (Å²) in [6, 6.07) is 5.81. The molecule has 0 saturated heterocycles. The molecule has 0 heterocycles. The Balaban J connectivity index is 2.09. The lowest BCUT2D eigenvalue weighted by Gasteiger charge is -2.31. The van der Waals surface area contributed by atoms with Gasteiger partial charge in [0.15, 0.2) is 0 Å². The zero-order valence-electron chi connectivity index (χ0n) is 14.9. The second-order valence-corrected chi connectivity index (χ2v) is 7.51. The summed E-state index contributed by atoms with van der Waals surface area (Å²) >= 11 is 3.44. The molecule has 26 heavy (non-hydrogen) atoms. The highest BCUT2D eigenvalue weighted by Gasteiger charge is 2.32. The lowest BCUT2D eigenvalue weighted by molar-refractivity contribution is -0.188. The van der Waals surface area contributed by atoms with Crippen molar-refractivity contribution in [2.75, 3.05) is 13.2 Å². The van der Waals surface area contributed by atoms with Crippen molar-refractivity contribution in [1.29, 1.82) is 0 Å². The predicted molar refractivity (Wildman–Crippen MR) is 96.5 cm³/mol. The third-order valence-corrected chi connectivity index (χ3v) is 5.56. The van der Waals surface area contributed by atoms with Gasteiger partial charge in [-0.05, 0) is 62.1 Å². The van der Waals surface area contributed by atoms with Crippen molar-refractivity contribution in [2.45, 2.75) is 62.6 Å². The molecule has 146 valence electrons. The average molecular weight is 437 g/mol. The maximum absolute atomic E-state index is 12.3. The van der Waals surface area contributed by atoms with Gasteiger partial charge in [0.25, 0.3) is 0 Å². The molecule has 1 atom stereocenters. The molecule has 1 aromatic rings. The lowest BCUT2D eigenvalue weighted by Crippen LogP contribution is -2.27. The van der Waals surface area contributed by atoms with E-state index >= 15 is 0 Å². The molecule has 2 rings (SSSR count). The fourth-order valence-corrected chi connectivity index (χ4v) is 4.09. The van der Waals surface area contributed by atoms with Gasteiger partial charge in [-0.3, -0.25) is 4.79 Å². The van der Waals surface area contributed by atoms with E-state index in [1.165, 1.54) is 0 Å². The van der Waals surface area contributed by atoms with Crippen molar-refractivity contribution < 1.29 is 27.4 Å². The van der Waals surface area contributed by atoms with Crippen LogP contribution in [0.4, 0.5) is 13.2 Å². The maximum atomic E-state index is 12.3. The number of hydrogen-bond donors (Lipinski definition) is 0. The van der Waals surface area contributed by atoms with Crippen molar-refractivity contribution in [3.05, 3.63) is 34.9 Å². The van der Waals surface area contributed by atoms with Crippen LogP contribution in [0.25, 0.3) is 0 Å². The van der Waals surface area contributed by atoms with E-state index in [1.807, 2.05) is 25.1 Å². The van der Waals surface area contributed by atoms with Crippen LogP contribution in [0.1, 0.15) is 60.0 Å². The third kappa shape index (κ3) is 5.71. The van der Waals surface area contributed by atoms with E-state index in [9.17, 15) is 18.0 Å². The van der Waals surface area contributed by atoms with Crippen molar-refractivity contribution in [2.24, 2.45) is 0 Å². The third-order valence-electron chi connectivity index (χ3n) is 4.69. The van der Waals surface area contributed by atoms with Gasteiger partial charge in [0.05, 0.1) is 12.7 Å². The molecule has 1 aliphatic rings. The highest BCUT2D eigenvalue weighted by Crippen LogP contribution is 2.41. The van der Waals surface area contributed by atoms with Crippen LogP contribution in [-0.2, 0) is 14.3 Å². The quantitative estimate of drug-likeness (QED) is 0.430. The van der Waals surface area contributed by atoms with Gasteiger partial charge in [-0.25, -0.2) is 0 Å². The Morgan fingerprint density at radius 1 is 1.27 bits per heavy atom. The Bertz CT molecular complexity index is 611. The Labute approximate surface area is 160 Å². The molecular formula is C19H24BrF3O3. The van der Waals surface area contributed by atoms with Gasteiger partial charge in [0.2, 0.25) is 0 Å². The Morgan fingerprint density at radius 2 is 1.92 bits per heavy atom. The first-order valence-corrected chi connectivity index (χ1v) is 9.73. The molecule has 0 bridgehead atoms. The molecule has 7 heteroatoms. The normalized spacial score (nSPS) is 22.1. The van der Waals surface area contributed by atoms with Crippen LogP contribution < -0.4 is 0 Å². The van der Waals surface area contributed by atoms with Crippen molar-refractivity contribution in [3.8, 4) is 0 Å². The number of benzene rings is 1. The molecule has 0 spiro atoms. The smallest absolute Gasteiger partial charge is 0.411 e. The minimum absolute atomic E-state index is 0.200. The number of carbonyl (C=O) groups excluding carboxylic acids is 1. The molecular weight excluding hydrogens is 413 g/mol. The predicted octanol–water partition coefficient (Wildman–Crippen LogP) is 5.60. The van der Waals surface area contributed by atoms with Gasteiger partial charge in [0.1, 0.15) is 11.4 Å². The van der Waals surface area contributed by atoms with Gasteiger partial charge < -0.3 is 9.47 Å². The molecule has 1 saturated carbocycles. The number of rotatable bonds is 6. The van der Waals surface area contributed by atoms with Gasteiger partial charge >= 0.3 is 12.1 Å². The molecule has 0 aliphatic heterocycles. The van der Waals surface area contributed by atoms with Crippen LogP contribution in [0.15, 0.2) is 18.2 Å². The topological polar surface area (TPSA) is 35.5 Å². The summed E-state index contributed by atoms with van der Waals surface area (Å²) < 4.78 is 47.0. The first-order valence-electron chi connectivity index (χ1n) is 8.81. The fraction of sp³-hybridized carbons (Fsp3) is 0.632. The number of hydrogen-bond acceptors (Lipinski definition) is 3. The Hall–Kier alpha value is -1.08. The van der Waals surface area contributed by atoms with E-state index in [2.05, 4.69) is 15.9 Å². The first-order chi connectivity index (χ1) is 12.2. The van der Waals surface area contributed by atoms with Gasteiger partial charge in [-0.2, -0.15) is 13.2 Å². The summed E-state index contributed by atoms with van der Waals surface area (Å²) in [7, 11) is 0. The summed E-state index contributed by atoms with van der Waals surface area (Å²) in [5.74, 6) is -0.132. The van der Waals surface area contributed by atoms with Crippen molar-refractivity contribution >= 4 is 21.9 Å². The van der Waals surface area contributed by atoms with Crippen molar-refractivity contribution in [3.63, 3.8) is 0 Å². The summed E-state index contributed by atoms with van der Waals surface area (Å²) in [5, 5.41) is 0. The minimum Gasteiger partial charge on any atom is -0.465 e. The van der Waals surface area contributed by atoms with E-state index in [1.54, 1.807) is 6.92 Å². The van der Waals surface area contributed by atoms with Crippen LogP contribution in [0, 0.1) is 6.92 Å². The van der Waals surface area contributed by atoms with Gasteiger partial charge in [-0.15, -0.1) is 0 Å². The van der Waals surface area contributed by atoms with E-state index in [0.29, 0.717) is 19.4 Å². The largest absolute Gasteiger partial charge is 0.465 e. The lowest BCUT2D eigenvalue weighted by atomic mass is 9.78. The van der Waals surface area contributed by atoms with Crippen LogP contribution >= 0.6 is 15.9 Å². The second-order valence-electron chi connectivity index (χ2n) is 6.59. The molecule has 1 fully saturated rings. The number of esters is 1. The zero-order chi connectivity index (χ0) is 19.3. The standard InChI is InChI=1S/C19H24BrF3O3/c1-3-25-18(24)17(20)15-6-4-5-12(2)16(15)13-7-9-14(10-8-13)26-11-19(21,22)23/h4-6,13-14,17H,3,7-11H2,1-2H3. The van der Waals surface area contributed by atoms with Crippen molar-refractivity contribution in [1.82, 2.24) is 0 Å². The molecule has 0 N–H and O–H groups in total. The van der Waals surface area contributed by atoms with Gasteiger partial charge in [-0.1, -0.05) is 34.1 Å². The zero-order valence-corrected chi connectivity index (χ0v) is 16.5. The number of ether oxygens (including phenoxy) is 2. The number of aryl methyl sites for hydroxylation is 1. The molecule has 0 radical (unpaired) electrons.